The predicted octanol–water partition coefficient (Wildman–Crippen LogP) is 2.83. The average molecular weight is 341 g/mol. The quantitative estimate of drug-likeness (QED) is 0.505. The fourth-order valence-corrected chi connectivity index (χ4v) is 2.95. The van der Waals surface area contributed by atoms with E-state index in [4.69, 9.17) is 10.5 Å². The third kappa shape index (κ3) is 3.95. The molecule has 3 rings (SSSR count). The van der Waals surface area contributed by atoms with Gasteiger partial charge in [0.15, 0.2) is 0 Å². The summed E-state index contributed by atoms with van der Waals surface area (Å²) in [5, 5.41) is 13.8. The minimum atomic E-state index is -0.546. The molecule has 25 heavy (non-hydrogen) atoms. The zero-order chi connectivity index (χ0) is 17.8. The number of benzene rings is 2. The van der Waals surface area contributed by atoms with E-state index in [0.717, 1.165) is 5.56 Å². The molecule has 0 unspecified atom stereocenters. The van der Waals surface area contributed by atoms with Gasteiger partial charge in [0.1, 0.15) is 0 Å². The van der Waals surface area contributed by atoms with Crippen molar-refractivity contribution in [3.63, 3.8) is 0 Å². The van der Waals surface area contributed by atoms with E-state index >= 15 is 0 Å². The molecule has 1 amide bonds. The molecule has 7 nitrogen and oxygen atoms in total. The second-order valence-corrected chi connectivity index (χ2v) is 5.99. The molecule has 2 aromatic rings. The molecule has 7 heteroatoms. The van der Waals surface area contributed by atoms with Crippen LogP contribution >= 0.6 is 0 Å². The normalized spacial score (nSPS) is 20.0. The first-order valence-electron chi connectivity index (χ1n) is 8.06. The Morgan fingerprint density at radius 2 is 2.00 bits per heavy atom. The summed E-state index contributed by atoms with van der Waals surface area (Å²) in [6.45, 7) is 0.537. The standard InChI is InChI=1S/C18H19N3O4/c19-16-7-6-14(21(23)24)11-15(16)18(22)20-13-8-9-25-17(10-13)12-4-2-1-3-5-12/h1-7,11,13,17H,8-10,19H2,(H,20,22)/t13-,17-/m1/s1. The van der Waals surface area contributed by atoms with Crippen molar-refractivity contribution >= 4 is 17.3 Å². The number of hydrogen-bond donors (Lipinski definition) is 2. The Morgan fingerprint density at radius 3 is 2.72 bits per heavy atom. The minimum Gasteiger partial charge on any atom is -0.398 e. The topological polar surface area (TPSA) is 107 Å². The van der Waals surface area contributed by atoms with Gasteiger partial charge in [0.05, 0.1) is 16.6 Å². The van der Waals surface area contributed by atoms with Gasteiger partial charge in [-0.3, -0.25) is 14.9 Å². The van der Waals surface area contributed by atoms with Crippen LogP contribution in [0.25, 0.3) is 0 Å². The SMILES string of the molecule is Nc1ccc([N+](=O)[O-])cc1C(=O)N[C@@H]1CCO[C@@H](c2ccccc2)C1. The summed E-state index contributed by atoms with van der Waals surface area (Å²) in [5.74, 6) is -0.403. The number of amides is 1. The Morgan fingerprint density at radius 1 is 1.24 bits per heavy atom. The number of nitro benzene ring substituents is 1. The molecule has 2 aromatic carbocycles. The number of nitrogen functional groups attached to an aromatic ring is 1. The Bertz CT molecular complexity index is 779. The van der Waals surface area contributed by atoms with Crippen molar-refractivity contribution in [3.05, 3.63) is 69.8 Å². The van der Waals surface area contributed by atoms with E-state index < -0.39 is 10.8 Å². The Labute approximate surface area is 144 Å². The fourth-order valence-electron chi connectivity index (χ4n) is 2.95. The van der Waals surface area contributed by atoms with E-state index in [9.17, 15) is 14.9 Å². The van der Waals surface area contributed by atoms with Crippen molar-refractivity contribution in [2.45, 2.75) is 25.0 Å². The molecule has 3 N–H and O–H groups in total. The van der Waals surface area contributed by atoms with Gasteiger partial charge in [0, 0.05) is 30.5 Å². The van der Waals surface area contributed by atoms with E-state index in [1.807, 2.05) is 30.3 Å². The monoisotopic (exact) mass is 341 g/mol. The maximum atomic E-state index is 12.5. The zero-order valence-corrected chi connectivity index (χ0v) is 13.6. The van der Waals surface area contributed by atoms with Gasteiger partial charge in [-0.25, -0.2) is 0 Å². The lowest BCUT2D eigenvalue weighted by molar-refractivity contribution is -0.384. The van der Waals surface area contributed by atoms with E-state index in [1.165, 1.54) is 18.2 Å². The number of nitrogens with two attached hydrogens (primary N) is 1. The van der Waals surface area contributed by atoms with Crippen molar-refractivity contribution in [1.29, 1.82) is 0 Å². The molecule has 1 heterocycles. The number of carbonyl (C=O) groups excluding carboxylic acids is 1. The van der Waals surface area contributed by atoms with Crippen LogP contribution in [-0.4, -0.2) is 23.5 Å². The molecule has 1 saturated heterocycles. The molecule has 0 radical (unpaired) electrons. The lowest BCUT2D eigenvalue weighted by Crippen LogP contribution is -2.40. The first-order valence-corrected chi connectivity index (χ1v) is 8.06. The van der Waals surface area contributed by atoms with Crippen molar-refractivity contribution in [2.24, 2.45) is 0 Å². The van der Waals surface area contributed by atoms with Crippen LogP contribution in [0.15, 0.2) is 48.5 Å². The number of non-ortho nitro benzene ring substituents is 1. The number of hydrogen-bond acceptors (Lipinski definition) is 5. The van der Waals surface area contributed by atoms with Crippen LogP contribution in [0.1, 0.15) is 34.9 Å². The van der Waals surface area contributed by atoms with Gasteiger partial charge in [-0.05, 0) is 24.5 Å². The molecule has 2 atom stereocenters. The summed E-state index contributed by atoms with van der Waals surface area (Å²) in [4.78, 5) is 22.8. The molecule has 1 aliphatic heterocycles. The summed E-state index contributed by atoms with van der Waals surface area (Å²) >= 11 is 0. The molecule has 0 spiro atoms. The highest BCUT2D eigenvalue weighted by Gasteiger charge is 2.26. The van der Waals surface area contributed by atoms with Crippen LogP contribution in [0.3, 0.4) is 0 Å². The maximum absolute atomic E-state index is 12.5. The van der Waals surface area contributed by atoms with Crippen LogP contribution in [0, 0.1) is 10.1 Å². The van der Waals surface area contributed by atoms with Crippen molar-refractivity contribution < 1.29 is 14.5 Å². The van der Waals surface area contributed by atoms with Gasteiger partial charge < -0.3 is 15.8 Å². The predicted molar refractivity (Wildman–Crippen MR) is 93.1 cm³/mol. The number of nitro groups is 1. The zero-order valence-electron chi connectivity index (χ0n) is 13.6. The summed E-state index contributed by atoms with van der Waals surface area (Å²) < 4.78 is 5.79. The molecule has 0 saturated carbocycles. The van der Waals surface area contributed by atoms with Crippen LogP contribution in [-0.2, 0) is 4.74 Å². The Hall–Kier alpha value is -2.93. The summed E-state index contributed by atoms with van der Waals surface area (Å²) in [7, 11) is 0. The van der Waals surface area contributed by atoms with Gasteiger partial charge in [-0.1, -0.05) is 30.3 Å². The fraction of sp³-hybridized carbons (Fsp3) is 0.278. The van der Waals surface area contributed by atoms with Gasteiger partial charge in [-0.2, -0.15) is 0 Å². The van der Waals surface area contributed by atoms with Crippen LogP contribution in [0.5, 0.6) is 0 Å². The highest BCUT2D eigenvalue weighted by Crippen LogP contribution is 2.28. The number of carbonyl (C=O) groups is 1. The third-order valence-corrected chi connectivity index (χ3v) is 4.28. The maximum Gasteiger partial charge on any atom is 0.270 e. The van der Waals surface area contributed by atoms with Gasteiger partial charge in [-0.15, -0.1) is 0 Å². The number of anilines is 1. The summed E-state index contributed by atoms with van der Waals surface area (Å²) in [5.41, 5.74) is 7.05. The minimum absolute atomic E-state index is 0.0786. The lowest BCUT2D eigenvalue weighted by Gasteiger charge is -2.30. The summed E-state index contributed by atoms with van der Waals surface area (Å²) in [6.07, 6.45) is 1.25. The third-order valence-electron chi connectivity index (χ3n) is 4.28. The first-order chi connectivity index (χ1) is 12.0. The molecular formula is C18H19N3O4. The molecule has 1 aliphatic rings. The Kier molecular flexibility index (Phi) is 4.95. The number of rotatable bonds is 4. The molecule has 130 valence electrons. The van der Waals surface area contributed by atoms with Gasteiger partial charge >= 0.3 is 0 Å². The van der Waals surface area contributed by atoms with E-state index in [0.29, 0.717) is 19.4 Å². The highest BCUT2D eigenvalue weighted by molar-refractivity contribution is 5.99. The first kappa shape index (κ1) is 16.9. The number of nitrogens with zero attached hydrogens (tertiary/aromatic N) is 1. The van der Waals surface area contributed by atoms with Crippen molar-refractivity contribution in [2.75, 3.05) is 12.3 Å². The largest absolute Gasteiger partial charge is 0.398 e. The molecule has 0 aliphatic carbocycles. The lowest BCUT2D eigenvalue weighted by atomic mass is 9.97. The van der Waals surface area contributed by atoms with Gasteiger partial charge in [0.25, 0.3) is 11.6 Å². The smallest absolute Gasteiger partial charge is 0.270 e. The Balaban J connectivity index is 1.70. The second-order valence-electron chi connectivity index (χ2n) is 5.99. The summed E-state index contributed by atoms with van der Waals surface area (Å²) in [6, 6.07) is 13.6. The molecule has 0 aromatic heterocycles. The average Bonchev–Trinajstić information content (AvgIpc) is 2.62. The van der Waals surface area contributed by atoms with E-state index in [-0.39, 0.29) is 29.1 Å². The highest BCUT2D eigenvalue weighted by atomic mass is 16.6. The van der Waals surface area contributed by atoms with E-state index in [2.05, 4.69) is 5.32 Å². The van der Waals surface area contributed by atoms with Crippen molar-refractivity contribution in [3.8, 4) is 0 Å². The van der Waals surface area contributed by atoms with Crippen LogP contribution < -0.4 is 11.1 Å². The number of ether oxygens (including phenoxy) is 1. The molecular weight excluding hydrogens is 322 g/mol. The number of nitrogens with one attached hydrogen (secondary N) is 1. The van der Waals surface area contributed by atoms with Crippen molar-refractivity contribution in [1.82, 2.24) is 5.32 Å². The van der Waals surface area contributed by atoms with Gasteiger partial charge in [0.2, 0.25) is 0 Å². The second kappa shape index (κ2) is 7.31. The van der Waals surface area contributed by atoms with Crippen LogP contribution in [0.2, 0.25) is 0 Å². The molecule has 0 bridgehead atoms. The van der Waals surface area contributed by atoms with Crippen LogP contribution in [0.4, 0.5) is 11.4 Å². The van der Waals surface area contributed by atoms with E-state index in [1.54, 1.807) is 0 Å². The molecule has 1 fully saturated rings.